The highest BCUT2D eigenvalue weighted by Crippen LogP contribution is 2.06. The number of nitrogens with zero attached hydrogens (tertiary/aromatic N) is 2. The van der Waals surface area contributed by atoms with Crippen LogP contribution in [-0.2, 0) is 11.3 Å². The summed E-state index contributed by atoms with van der Waals surface area (Å²) >= 11 is 0. The van der Waals surface area contributed by atoms with Gasteiger partial charge in [-0.05, 0) is 24.2 Å². The molecule has 5 nitrogen and oxygen atoms in total. The van der Waals surface area contributed by atoms with Crippen LogP contribution in [0, 0.1) is 0 Å². The van der Waals surface area contributed by atoms with E-state index in [2.05, 4.69) is 16.8 Å². The summed E-state index contributed by atoms with van der Waals surface area (Å²) in [7, 11) is 1.67. The van der Waals surface area contributed by atoms with Crippen LogP contribution in [0.4, 0.5) is 0 Å². The highest BCUT2D eigenvalue weighted by Gasteiger charge is 2.07. The van der Waals surface area contributed by atoms with Crippen molar-refractivity contribution in [1.29, 1.82) is 0 Å². The van der Waals surface area contributed by atoms with E-state index >= 15 is 0 Å². The minimum Gasteiger partial charge on any atom is -0.477 e. The lowest BCUT2D eigenvalue weighted by Gasteiger charge is -2.19. The van der Waals surface area contributed by atoms with Crippen molar-refractivity contribution >= 4 is 5.97 Å². The van der Waals surface area contributed by atoms with Crippen LogP contribution in [0.25, 0.3) is 0 Å². The number of methoxy groups -OCH3 is 1. The lowest BCUT2D eigenvalue weighted by Crippen LogP contribution is -2.26. The van der Waals surface area contributed by atoms with E-state index in [1.165, 1.54) is 6.20 Å². The monoisotopic (exact) mass is 238 g/mol. The fraction of sp³-hybridized carbons (Fsp3) is 0.500. The van der Waals surface area contributed by atoms with Gasteiger partial charge in [0.2, 0.25) is 0 Å². The molecule has 0 spiro atoms. The zero-order valence-corrected chi connectivity index (χ0v) is 10.2. The van der Waals surface area contributed by atoms with Gasteiger partial charge in [-0.1, -0.05) is 6.92 Å². The van der Waals surface area contributed by atoms with Gasteiger partial charge in [0.15, 0.2) is 0 Å². The van der Waals surface area contributed by atoms with E-state index in [1.807, 2.05) is 6.07 Å². The van der Waals surface area contributed by atoms with E-state index in [0.717, 1.165) is 18.7 Å². The fourth-order valence-corrected chi connectivity index (χ4v) is 1.52. The quantitative estimate of drug-likeness (QED) is 0.774. The van der Waals surface area contributed by atoms with Gasteiger partial charge in [-0.15, -0.1) is 0 Å². The summed E-state index contributed by atoms with van der Waals surface area (Å²) in [5.74, 6) is -0.994. The molecule has 0 bridgehead atoms. The summed E-state index contributed by atoms with van der Waals surface area (Å²) < 4.78 is 5.03. The van der Waals surface area contributed by atoms with Gasteiger partial charge in [-0.2, -0.15) is 0 Å². The Morgan fingerprint density at radius 3 is 2.94 bits per heavy atom. The first kappa shape index (κ1) is 13.6. The Morgan fingerprint density at radius 1 is 1.59 bits per heavy atom. The summed E-state index contributed by atoms with van der Waals surface area (Å²) in [6, 6.07) is 3.44. The summed E-state index contributed by atoms with van der Waals surface area (Å²) in [5, 5.41) is 8.85. The number of carboxylic acid groups (broad SMARTS) is 1. The summed E-state index contributed by atoms with van der Waals surface area (Å²) in [6.07, 6.45) is 1.53. The zero-order valence-electron chi connectivity index (χ0n) is 10.2. The number of likely N-dealkylation sites (N-methyl/N-ethyl adjacent to an activating group) is 1. The Balaban J connectivity index is 2.65. The van der Waals surface area contributed by atoms with E-state index in [9.17, 15) is 4.79 Å². The molecule has 1 rings (SSSR count). The van der Waals surface area contributed by atoms with Crippen LogP contribution in [-0.4, -0.2) is 47.8 Å². The molecular formula is C12H18N2O3. The van der Waals surface area contributed by atoms with Gasteiger partial charge in [-0.25, -0.2) is 9.78 Å². The van der Waals surface area contributed by atoms with Crippen molar-refractivity contribution in [1.82, 2.24) is 9.88 Å². The molecule has 0 saturated heterocycles. The number of pyridine rings is 1. The van der Waals surface area contributed by atoms with Gasteiger partial charge < -0.3 is 9.84 Å². The maximum Gasteiger partial charge on any atom is 0.354 e. The molecule has 0 atom stereocenters. The molecular weight excluding hydrogens is 220 g/mol. The first-order valence-corrected chi connectivity index (χ1v) is 5.57. The molecule has 0 fully saturated rings. The standard InChI is InChI=1S/C12H18N2O3/c1-3-14(6-7-17-2)9-10-4-5-13-11(8-10)12(15)16/h4-5,8H,3,6-7,9H2,1-2H3,(H,15,16). The fourth-order valence-electron chi connectivity index (χ4n) is 1.52. The molecule has 94 valence electrons. The predicted octanol–water partition coefficient (Wildman–Crippen LogP) is 1.25. The highest BCUT2D eigenvalue weighted by molar-refractivity contribution is 5.85. The third-order valence-corrected chi connectivity index (χ3v) is 2.51. The van der Waals surface area contributed by atoms with E-state index in [-0.39, 0.29) is 5.69 Å². The van der Waals surface area contributed by atoms with Crippen LogP contribution in [0.1, 0.15) is 23.0 Å². The molecule has 17 heavy (non-hydrogen) atoms. The number of hydrogen-bond donors (Lipinski definition) is 1. The minimum atomic E-state index is -0.994. The molecule has 0 saturated carbocycles. The average Bonchev–Trinajstić information content (AvgIpc) is 2.34. The number of ether oxygens (including phenoxy) is 1. The maximum atomic E-state index is 10.8. The average molecular weight is 238 g/mol. The summed E-state index contributed by atoms with van der Waals surface area (Å²) in [6.45, 7) is 5.17. The molecule has 5 heteroatoms. The first-order chi connectivity index (χ1) is 8.17. The Bertz CT molecular complexity index is 369. The topological polar surface area (TPSA) is 62.7 Å². The van der Waals surface area contributed by atoms with Crippen molar-refractivity contribution in [2.24, 2.45) is 0 Å². The van der Waals surface area contributed by atoms with Crippen LogP contribution in [0.5, 0.6) is 0 Å². The van der Waals surface area contributed by atoms with Gasteiger partial charge in [0.25, 0.3) is 0 Å². The minimum absolute atomic E-state index is 0.0882. The van der Waals surface area contributed by atoms with Crippen LogP contribution in [0.2, 0.25) is 0 Å². The van der Waals surface area contributed by atoms with Gasteiger partial charge in [0.05, 0.1) is 6.61 Å². The van der Waals surface area contributed by atoms with E-state index in [1.54, 1.807) is 13.2 Å². The Morgan fingerprint density at radius 2 is 2.35 bits per heavy atom. The number of carboxylic acids is 1. The Labute approximate surface area is 101 Å². The largest absolute Gasteiger partial charge is 0.477 e. The summed E-state index contributed by atoms with van der Waals surface area (Å²) in [4.78, 5) is 16.8. The second-order valence-corrected chi connectivity index (χ2v) is 3.72. The third kappa shape index (κ3) is 4.50. The number of rotatable bonds is 7. The molecule has 1 aromatic rings. The third-order valence-electron chi connectivity index (χ3n) is 2.51. The molecule has 0 aliphatic rings. The van der Waals surface area contributed by atoms with Crippen LogP contribution in [0.15, 0.2) is 18.3 Å². The van der Waals surface area contributed by atoms with Crippen LogP contribution >= 0.6 is 0 Å². The van der Waals surface area contributed by atoms with E-state index in [4.69, 9.17) is 9.84 Å². The van der Waals surface area contributed by atoms with Crippen molar-refractivity contribution in [3.05, 3.63) is 29.6 Å². The normalized spacial score (nSPS) is 10.8. The van der Waals surface area contributed by atoms with Gasteiger partial charge in [-0.3, -0.25) is 4.90 Å². The van der Waals surface area contributed by atoms with Crippen molar-refractivity contribution in [3.63, 3.8) is 0 Å². The molecule has 1 heterocycles. The van der Waals surface area contributed by atoms with E-state index < -0.39 is 5.97 Å². The van der Waals surface area contributed by atoms with E-state index in [0.29, 0.717) is 13.2 Å². The summed E-state index contributed by atoms with van der Waals surface area (Å²) in [5.41, 5.74) is 1.04. The Kier molecular flexibility index (Phi) is 5.59. The van der Waals surface area contributed by atoms with Crippen molar-refractivity contribution in [3.8, 4) is 0 Å². The zero-order chi connectivity index (χ0) is 12.7. The first-order valence-electron chi connectivity index (χ1n) is 5.57. The number of aromatic nitrogens is 1. The van der Waals surface area contributed by atoms with Gasteiger partial charge >= 0.3 is 5.97 Å². The van der Waals surface area contributed by atoms with Crippen molar-refractivity contribution < 1.29 is 14.6 Å². The maximum absolute atomic E-state index is 10.8. The second-order valence-electron chi connectivity index (χ2n) is 3.72. The van der Waals surface area contributed by atoms with Crippen molar-refractivity contribution in [2.75, 3.05) is 26.8 Å². The van der Waals surface area contributed by atoms with Crippen LogP contribution in [0.3, 0.4) is 0 Å². The molecule has 0 aliphatic carbocycles. The van der Waals surface area contributed by atoms with Crippen molar-refractivity contribution in [2.45, 2.75) is 13.5 Å². The SMILES string of the molecule is CCN(CCOC)Cc1ccnc(C(=O)O)c1. The van der Waals surface area contributed by atoms with Gasteiger partial charge in [0, 0.05) is 26.4 Å². The Hall–Kier alpha value is -1.46. The number of carbonyl (C=O) groups is 1. The number of hydrogen-bond acceptors (Lipinski definition) is 4. The van der Waals surface area contributed by atoms with Crippen LogP contribution < -0.4 is 0 Å². The number of aromatic carboxylic acids is 1. The lowest BCUT2D eigenvalue weighted by atomic mass is 10.2. The molecule has 0 radical (unpaired) electrons. The lowest BCUT2D eigenvalue weighted by molar-refractivity contribution is 0.0690. The second kappa shape index (κ2) is 6.98. The molecule has 0 amide bonds. The predicted molar refractivity (Wildman–Crippen MR) is 64.0 cm³/mol. The highest BCUT2D eigenvalue weighted by atomic mass is 16.5. The molecule has 0 aromatic carbocycles. The molecule has 1 N–H and O–H groups in total. The molecule has 0 unspecified atom stereocenters. The molecule has 1 aromatic heterocycles. The smallest absolute Gasteiger partial charge is 0.354 e. The molecule has 0 aliphatic heterocycles. The van der Waals surface area contributed by atoms with Gasteiger partial charge in [0.1, 0.15) is 5.69 Å².